The Morgan fingerprint density at radius 2 is 2.27 bits per heavy atom. The van der Waals surface area contributed by atoms with Crippen molar-refractivity contribution in [2.45, 2.75) is 33.1 Å². The number of thiophene rings is 1. The van der Waals surface area contributed by atoms with Crippen LogP contribution < -0.4 is 0 Å². The van der Waals surface area contributed by atoms with E-state index < -0.39 is 0 Å². The standard InChI is InChI=1S/C12H15BrOS/c1-7-4-3-5-9(7)12(14)10-6-11(13)15-8(10)2/h6-7,9H,3-5H2,1-2H3. The second kappa shape index (κ2) is 4.38. The molecular weight excluding hydrogens is 272 g/mol. The van der Waals surface area contributed by atoms with Crippen LogP contribution in [0.5, 0.6) is 0 Å². The van der Waals surface area contributed by atoms with Gasteiger partial charge < -0.3 is 0 Å². The molecule has 3 heteroatoms. The topological polar surface area (TPSA) is 17.1 Å². The van der Waals surface area contributed by atoms with Crippen molar-refractivity contribution in [2.24, 2.45) is 11.8 Å². The fourth-order valence-electron chi connectivity index (χ4n) is 2.43. The van der Waals surface area contributed by atoms with E-state index in [0.717, 1.165) is 20.6 Å². The zero-order valence-corrected chi connectivity index (χ0v) is 11.5. The first-order valence-electron chi connectivity index (χ1n) is 5.39. The van der Waals surface area contributed by atoms with Crippen LogP contribution in [0.2, 0.25) is 0 Å². The molecule has 1 nitrogen and oxygen atoms in total. The third kappa shape index (κ3) is 2.18. The average molecular weight is 287 g/mol. The van der Waals surface area contributed by atoms with Gasteiger partial charge in [-0.25, -0.2) is 0 Å². The number of rotatable bonds is 2. The third-order valence-electron chi connectivity index (χ3n) is 3.35. The highest BCUT2D eigenvalue weighted by molar-refractivity contribution is 9.11. The number of carbonyl (C=O) groups excluding carboxylic acids is 1. The molecule has 82 valence electrons. The molecule has 1 fully saturated rings. The highest BCUT2D eigenvalue weighted by Gasteiger charge is 2.31. The van der Waals surface area contributed by atoms with Crippen molar-refractivity contribution < 1.29 is 4.79 Å². The summed E-state index contributed by atoms with van der Waals surface area (Å²) in [7, 11) is 0. The van der Waals surface area contributed by atoms with E-state index in [9.17, 15) is 4.79 Å². The van der Waals surface area contributed by atoms with Crippen molar-refractivity contribution in [3.63, 3.8) is 0 Å². The quantitative estimate of drug-likeness (QED) is 0.735. The van der Waals surface area contributed by atoms with Crippen molar-refractivity contribution in [1.29, 1.82) is 0 Å². The van der Waals surface area contributed by atoms with Gasteiger partial charge in [-0.2, -0.15) is 0 Å². The number of ketones is 1. The summed E-state index contributed by atoms with van der Waals surface area (Å²) in [5, 5.41) is 0. The van der Waals surface area contributed by atoms with Crippen LogP contribution in [0.3, 0.4) is 0 Å². The molecule has 1 aliphatic carbocycles. The summed E-state index contributed by atoms with van der Waals surface area (Å²) in [4.78, 5) is 13.4. The Morgan fingerprint density at radius 1 is 1.53 bits per heavy atom. The van der Waals surface area contributed by atoms with Gasteiger partial charge in [0, 0.05) is 16.4 Å². The summed E-state index contributed by atoms with van der Waals surface area (Å²) < 4.78 is 1.06. The zero-order chi connectivity index (χ0) is 11.0. The smallest absolute Gasteiger partial charge is 0.167 e. The maximum Gasteiger partial charge on any atom is 0.167 e. The minimum absolute atomic E-state index is 0.269. The largest absolute Gasteiger partial charge is 0.294 e. The molecule has 0 aliphatic heterocycles. The van der Waals surface area contributed by atoms with Crippen LogP contribution in [0.15, 0.2) is 9.85 Å². The van der Waals surface area contributed by atoms with Crippen LogP contribution in [0.1, 0.15) is 41.4 Å². The van der Waals surface area contributed by atoms with Crippen LogP contribution in [0.4, 0.5) is 0 Å². The lowest BCUT2D eigenvalue weighted by Gasteiger charge is -2.13. The molecule has 2 rings (SSSR count). The van der Waals surface area contributed by atoms with E-state index in [-0.39, 0.29) is 5.92 Å². The highest BCUT2D eigenvalue weighted by Crippen LogP contribution is 2.36. The van der Waals surface area contributed by atoms with Crippen LogP contribution in [0.25, 0.3) is 0 Å². The van der Waals surface area contributed by atoms with Crippen LogP contribution in [0, 0.1) is 18.8 Å². The van der Waals surface area contributed by atoms with Crippen LogP contribution >= 0.6 is 27.3 Å². The van der Waals surface area contributed by atoms with Gasteiger partial charge in [0.1, 0.15) is 0 Å². The molecule has 0 spiro atoms. The first-order valence-corrected chi connectivity index (χ1v) is 7.00. The molecule has 1 saturated carbocycles. The summed E-state index contributed by atoms with van der Waals surface area (Å²) in [6, 6.07) is 1.98. The predicted octanol–water partition coefficient (Wildman–Crippen LogP) is 4.44. The predicted molar refractivity (Wildman–Crippen MR) is 67.6 cm³/mol. The van der Waals surface area contributed by atoms with E-state index in [2.05, 4.69) is 22.9 Å². The summed E-state index contributed by atoms with van der Waals surface area (Å²) in [5.41, 5.74) is 0.936. The molecule has 0 N–H and O–H groups in total. The molecule has 2 atom stereocenters. The van der Waals surface area contributed by atoms with Gasteiger partial charge in [-0.1, -0.05) is 13.3 Å². The molecular formula is C12H15BrOS. The summed E-state index contributed by atoms with van der Waals surface area (Å²) >= 11 is 5.09. The van der Waals surface area contributed by atoms with Gasteiger partial charge in [0.25, 0.3) is 0 Å². The number of carbonyl (C=O) groups is 1. The Labute approximate surface area is 103 Å². The summed E-state index contributed by atoms with van der Waals surface area (Å²) in [5.74, 6) is 1.19. The normalized spacial score (nSPS) is 25.8. The fraction of sp³-hybridized carbons (Fsp3) is 0.583. The molecule has 0 aromatic carbocycles. The summed E-state index contributed by atoms with van der Waals surface area (Å²) in [6.07, 6.45) is 3.50. The van der Waals surface area contributed by atoms with E-state index in [1.165, 1.54) is 12.8 Å². The fourth-order valence-corrected chi connectivity index (χ4v) is 4.12. The average Bonchev–Trinajstić information content (AvgIpc) is 2.71. The molecule has 15 heavy (non-hydrogen) atoms. The number of Topliss-reactive ketones (excluding diaryl/α,β-unsaturated/α-hetero) is 1. The van der Waals surface area contributed by atoms with Crippen molar-refractivity contribution in [3.05, 3.63) is 20.3 Å². The van der Waals surface area contributed by atoms with Crippen LogP contribution in [-0.4, -0.2) is 5.78 Å². The number of aryl methyl sites for hydroxylation is 1. The number of hydrogen-bond donors (Lipinski definition) is 0. The Balaban J connectivity index is 2.24. The van der Waals surface area contributed by atoms with Gasteiger partial charge in [0.2, 0.25) is 0 Å². The third-order valence-corrected chi connectivity index (χ3v) is 4.90. The minimum Gasteiger partial charge on any atom is -0.294 e. The lowest BCUT2D eigenvalue weighted by molar-refractivity contribution is 0.0897. The maximum absolute atomic E-state index is 12.3. The van der Waals surface area contributed by atoms with E-state index >= 15 is 0 Å². The second-order valence-corrected chi connectivity index (χ2v) is 7.03. The van der Waals surface area contributed by atoms with E-state index in [4.69, 9.17) is 0 Å². The molecule has 1 aromatic heterocycles. The molecule has 1 aliphatic rings. The van der Waals surface area contributed by atoms with Crippen molar-refractivity contribution in [2.75, 3.05) is 0 Å². The molecule has 2 unspecified atom stereocenters. The maximum atomic E-state index is 12.3. The summed E-state index contributed by atoms with van der Waals surface area (Å²) in [6.45, 7) is 4.23. The Bertz CT molecular complexity index is 383. The molecule has 0 bridgehead atoms. The number of hydrogen-bond acceptors (Lipinski definition) is 2. The van der Waals surface area contributed by atoms with Gasteiger partial charge in [0.05, 0.1) is 3.79 Å². The van der Waals surface area contributed by atoms with Gasteiger partial charge in [-0.05, 0) is 47.7 Å². The van der Waals surface area contributed by atoms with E-state index in [1.807, 2.05) is 13.0 Å². The van der Waals surface area contributed by atoms with Crippen LogP contribution in [-0.2, 0) is 0 Å². The lowest BCUT2D eigenvalue weighted by Crippen LogP contribution is -2.17. The first-order chi connectivity index (χ1) is 7.09. The van der Waals surface area contributed by atoms with Gasteiger partial charge >= 0.3 is 0 Å². The van der Waals surface area contributed by atoms with Crippen molar-refractivity contribution >= 4 is 33.0 Å². The van der Waals surface area contributed by atoms with Crippen molar-refractivity contribution in [3.8, 4) is 0 Å². The van der Waals surface area contributed by atoms with E-state index in [1.54, 1.807) is 11.3 Å². The molecule has 0 radical (unpaired) electrons. The van der Waals surface area contributed by atoms with Gasteiger partial charge in [-0.3, -0.25) is 4.79 Å². The monoisotopic (exact) mass is 286 g/mol. The van der Waals surface area contributed by atoms with Gasteiger partial charge in [0.15, 0.2) is 5.78 Å². The molecule has 0 saturated heterocycles. The highest BCUT2D eigenvalue weighted by atomic mass is 79.9. The Kier molecular flexibility index (Phi) is 3.31. The first kappa shape index (κ1) is 11.3. The second-order valence-electron chi connectivity index (χ2n) is 4.40. The van der Waals surface area contributed by atoms with E-state index in [0.29, 0.717) is 11.7 Å². The molecule has 1 aromatic rings. The Hall–Kier alpha value is -0.150. The zero-order valence-electron chi connectivity index (χ0n) is 9.05. The SMILES string of the molecule is Cc1sc(Br)cc1C(=O)C1CCCC1C. The molecule has 1 heterocycles. The number of halogens is 1. The van der Waals surface area contributed by atoms with Gasteiger partial charge in [-0.15, -0.1) is 11.3 Å². The Morgan fingerprint density at radius 3 is 2.73 bits per heavy atom. The van der Waals surface area contributed by atoms with Crippen molar-refractivity contribution in [1.82, 2.24) is 0 Å². The molecule has 0 amide bonds. The lowest BCUT2D eigenvalue weighted by atomic mass is 9.90. The minimum atomic E-state index is 0.269.